The first-order valence-corrected chi connectivity index (χ1v) is 3.85. The molecule has 1 rings (SSSR count). The van der Waals surface area contributed by atoms with Crippen molar-refractivity contribution >= 4 is 5.57 Å². The summed E-state index contributed by atoms with van der Waals surface area (Å²) in [6.07, 6.45) is 5.43. The Bertz CT molecular complexity index is 299. The fourth-order valence-electron chi connectivity index (χ4n) is 1.00. The van der Waals surface area contributed by atoms with E-state index < -0.39 is 0 Å². The Hall–Kier alpha value is -1.44. The summed E-state index contributed by atoms with van der Waals surface area (Å²) in [5.74, 6) is 0.743. The first-order chi connectivity index (χ1) is 5.75. The molecule has 0 saturated carbocycles. The lowest BCUT2D eigenvalue weighted by Crippen LogP contribution is -1.92. The van der Waals surface area contributed by atoms with E-state index in [1.807, 2.05) is 19.9 Å². The molecule has 1 heterocycles. The quantitative estimate of drug-likeness (QED) is 0.621. The normalized spacial score (nSPS) is 11.3. The summed E-state index contributed by atoms with van der Waals surface area (Å²) in [7, 11) is 0. The van der Waals surface area contributed by atoms with Crippen molar-refractivity contribution in [2.75, 3.05) is 0 Å². The van der Waals surface area contributed by atoms with Crippen LogP contribution in [0.15, 0.2) is 36.7 Å². The van der Waals surface area contributed by atoms with Crippen LogP contribution in [0.3, 0.4) is 0 Å². The molecule has 12 heavy (non-hydrogen) atoms. The van der Waals surface area contributed by atoms with Crippen LogP contribution in [0, 0.1) is 0 Å². The molecule has 1 aromatic rings. The highest BCUT2D eigenvalue weighted by Gasteiger charge is 2.01. The lowest BCUT2D eigenvalue weighted by molar-refractivity contribution is 1.11. The van der Waals surface area contributed by atoms with Crippen LogP contribution in [-0.4, -0.2) is 9.97 Å². The van der Waals surface area contributed by atoms with Gasteiger partial charge in [0.05, 0.1) is 0 Å². The maximum atomic E-state index is 4.13. The molecule has 1 aromatic heterocycles. The van der Waals surface area contributed by atoms with Crippen LogP contribution in [0.4, 0.5) is 0 Å². The van der Waals surface area contributed by atoms with Crippen molar-refractivity contribution in [3.63, 3.8) is 0 Å². The van der Waals surface area contributed by atoms with Gasteiger partial charge in [-0.2, -0.15) is 0 Å². The summed E-state index contributed by atoms with van der Waals surface area (Å²) in [5, 5.41) is 0. The molecule has 0 radical (unpaired) electrons. The number of hydrogen-bond donors (Lipinski definition) is 0. The third-order valence-electron chi connectivity index (χ3n) is 1.56. The molecule has 0 saturated heterocycles. The molecule has 62 valence electrons. The minimum Gasteiger partial charge on any atom is -0.237 e. The molecule has 0 amide bonds. The maximum absolute atomic E-state index is 4.13. The van der Waals surface area contributed by atoms with Crippen molar-refractivity contribution in [3.05, 3.63) is 42.5 Å². The number of aromatic nitrogens is 2. The molecular formula is C10H12N2. The van der Waals surface area contributed by atoms with Crippen molar-refractivity contribution < 1.29 is 0 Å². The Balaban J connectivity index is 3.05. The fraction of sp³-hybridized carbons (Fsp3) is 0.200. The van der Waals surface area contributed by atoms with E-state index in [2.05, 4.69) is 16.5 Å². The molecule has 0 aliphatic carbocycles. The number of allylic oxidation sites excluding steroid dienone is 3. The SMILES string of the molecule is C=C(C)/C(=C\C)c1ncccn1. The largest absolute Gasteiger partial charge is 0.237 e. The molecule has 0 spiro atoms. The third-order valence-corrected chi connectivity index (χ3v) is 1.56. The van der Waals surface area contributed by atoms with Gasteiger partial charge in [0.2, 0.25) is 0 Å². The average Bonchev–Trinajstić information content (AvgIpc) is 2.07. The van der Waals surface area contributed by atoms with Crippen LogP contribution in [0.1, 0.15) is 19.7 Å². The number of rotatable bonds is 2. The van der Waals surface area contributed by atoms with Gasteiger partial charge in [-0.1, -0.05) is 12.7 Å². The zero-order chi connectivity index (χ0) is 8.97. The van der Waals surface area contributed by atoms with Crippen LogP contribution in [0.2, 0.25) is 0 Å². The maximum Gasteiger partial charge on any atom is 0.158 e. The van der Waals surface area contributed by atoms with Gasteiger partial charge < -0.3 is 0 Å². The van der Waals surface area contributed by atoms with E-state index in [-0.39, 0.29) is 0 Å². The molecular weight excluding hydrogens is 148 g/mol. The molecule has 0 atom stereocenters. The van der Waals surface area contributed by atoms with Crippen LogP contribution >= 0.6 is 0 Å². The second-order valence-electron chi connectivity index (χ2n) is 2.56. The highest BCUT2D eigenvalue weighted by atomic mass is 14.9. The van der Waals surface area contributed by atoms with Gasteiger partial charge in [0, 0.05) is 18.0 Å². The van der Waals surface area contributed by atoms with Gasteiger partial charge in [-0.3, -0.25) is 0 Å². The molecule has 0 bridgehead atoms. The summed E-state index contributed by atoms with van der Waals surface area (Å²) in [5.41, 5.74) is 2.00. The Morgan fingerprint density at radius 2 is 2.00 bits per heavy atom. The van der Waals surface area contributed by atoms with Crippen molar-refractivity contribution in [1.29, 1.82) is 0 Å². The van der Waals surface area contributed by atoms with E-state index in [1.165, 1.54) is 0 Å². The van der Waals surface area contributed by atoms with E-state index in [9.17, 15) is 0 Å². The van der Waals surface area contributed by atoms with E-state index in [0.717, 1.165) is 17.0 Å². The second kappa shape index (κ2) is 3.81. The molecule has 0 unspecified atom stereocenters. The van der Waals surface area contributed by atoms with Crippen molar-refractivity contribution in [2.45, 2.75) is 13.8 Å². The Labute approximate surface area is 72.7 Å². The van der Waals surface area contributed by atoms with Gasteiger partial charge in [0.1, 0.15) is 0 Å². The molecule has 2 nitrogen and oxygen atoms in total. The van der Waals surface area contributed by atoms with Crippen LogP contribution in [0.25, 0.3) is 5.57 Å². The summed E-state index contributed by atoms with van der Waals surface area (Å²) < 4.78 is 0. The lowest BCUT2D eigenvalue weighted by Gasteiger charge is -2.02. The minimum absolute atomic E-state index is 0.743. The minimum atomic E-state index is 0.743. The highest BCUT2D eigenvalue weighted by Crippen LogP contribution is 2.16. The molecule has 0 fully saturated rings. The average molecular weight is 160 g/mol. The van der Waals surface area contributed by atoms with E-state index in [1.54, 1.807) is 18.5 Å². The van der Waals surface area contributed by atoms with E-state index >= 15 is 0 Å². The van der Waals surface area contributed by atoms with Gasteiger partial charge in [0.25, 0.3) is 0 Å². The van der Waals surface area contributed by atoms with Gasteiger partial charge in [0.15, 0.2) is 5.82 Å². The third kappa shape index (κ3) is 1.78. The van der Waals surface area contributed by atoms with Crippen LogP contribution in [-0.2, 0) is 0 Å². The van der Waals surface area contributed by atoms with E-state index in [0.29, 0.717) is 0 Å². The molecule has 0 aliphatic rings. The number of hydrogen-bond acceptors (Lipinski definition) is 2. The number of nitrogens with zero attached hydrogens (tertiary/aromatic N) is 2. The Morgan fingerprint density at radius 1 is 1.42 bits per heavy atom. The second-order valence-corrected chi connectivity index (χ2v) is 2.56. The summed E-state index contributed by atoms with van der Waals surface area (Å²) in [6.45, 7) is 7.76. The smallest absolute Gasteiger partial charge is 0.158 e. The first-order valence-electron chi connectivity index (χ1n) is 3.85. The van der Waals surface area contributed by atoms with Crippen LogP contribution in [0.5, 0.6) is 0 Å². The van der Waals surface area contributed by atoms with Crippen molar-refractivity contribution in [1.82, 2.24) is 9.97 Å². The summed E-state index contributed by atoms with van der Waals surface area (Å²) in [6, 6.07) is 1.80. The molecule has 0 N–H and O–H groups in total. The summed E-state index contributed by atoms with van der Waals surface area (Å²) >= 11 is 0. The first kappa shape index (κ1) is 8.65. The predicted molar refractivity (Wildman–Crippen MR) is 50.5 cm³/mol. The lowest BCUT2D eigenvalue weighted by atomic mass is 10.1. The molecule has 0 aromatic carbocycles. The zero-order valence-electron chi connectivity index (χ0n) is 7.41. The van der Waals surface area contributed by atoms with E-state index in [4.69, 9.17) is 0 Å². The standard InChI is InChI=1S/C10H12N2/c1-4-9(8(2)3)10-11-6-5-7-12-10/h4-7H,2H2,1,3H3/b9-4+. The van der Waals surface area contributed by atoms with Gasteiger partial charge in [-0.05, 0) is 25.5 Å². The monoisotopic (exact) mass is 160 g/mol. The Kier molecular flexibility index (Phi) is 2.75. The highest BCUT2D eigenvalue weighted by molar-refractivity contribution is 5.73. The molecule has 0 aliphatic heterocycles. The van der Waals surface area contributed by atoms with Crippen molar-refractivity contribution in [2.24, 2.45) is 0 Å². The fourth-order valence-corrected chi connectivity index (χ4v) is 1.00. The predicted octanol–water partition coefficient (Wildman–Crippen LogP) is 2.46. The van der Waals surface area contributed by atoms with Gasteiger partial charge in [-0.15, -0.1) is 0 Å². The van der Waals surface area contributed by atoms with Crippen LogP contribution < -0.4 is 0 Å². The van der Waals surface area contributed by atoms with Gasteiger partial charge in [-0.25, -0.2) is 9.97 Å². The summed E-state index contributed by atoms with van der Waals surface area (Å²) in [4.78, 5) is 8.26. The Morgan fingerprint density at radius 3 is 2.42 bits per heavy atom. The topological polar surface area (TPSA) is 25.8 Å². The molecule has 2 heteroatoms. The zero-order valence-corrected chi connectivity index (χ0v) is 7.41. The van der Waals surface area contributed by atoms with Gasteiger partial charge >= 0.3 is 0 Å². The van der Waals surface area contributed by atoms with Crippen molar-refractivity contribution in [3.8, 4) is 0 Å².